The number of anilines is 1. The number of nitrogens with zero attached hydrogens (tertiary/aromatic N) is 2. The van der Waals surface area contributed by atoms with E-state index < -0.39 is 11.4 Å². The molecule has 2 fully saturated rings. The minimum Gasteiger partial charge on any atom is -0.388 e. The average Bonchev–Trinajstić information content (AvgIpc) is 2.81. The highest BCUT2D eigenvalue weighted by molar-refractivity contribution is 5.95. The molecule has 8 heteroatoms. The summed E-state index contributed by atoms with van der Waals surface area (Å²) in [4.78, 5) is 28.9. The average molecular weight is 454 g/mol. The van der Waals surface area contributed by atoms with Crippen molar-refractivity contribution in [3.8, 4) is 11.1 Å². The van der Waals surface area contributed by atoms with E-state index in [1.807, 2.05) is 32.2 Å². The van der Waals surface area contributed by atoms with E-state index in [4.69, 9.17) is 11.5 Å². The number of carbonyl (C=O) groups excluding carboxylic acids is 2. The first-order chi connectivity index (χ1) is 15.7. The van der Waals surface area contributed by atoms with E-state index in [2.05, 4.69) is 5.32 Å². The van der Waals surface area contributed by atoms with Crippen LogP contribution in [0.2, 0.25) is 0 Å². The molecule has 0 aromatic heterocycles. The summed E-state index contributed by atoms with van der Waals surface area (Å²) in [6.45, 7) is 3.47. The Labute approximate surface area is 193 Å². The molecule has 1 saturated heterocycles. The van der Waals surface area contributed by atoms with Crippen LogP contribution in [0.5, 0.6) is 0 Å². The monoisotopic (exact) mass is 453 g/mol. The molecule has 1 heterocycles. The Morgan fingerprint density at radius 2 is 1.64 bits per heavy atom. The Balaban J connectivity index is 1.46. The van der Waals surface area contributed by atoms with Gasteiger partial charge in [0.25, 0.3) is 5.91 Å². The maximum atomic E-state index is 15.0. The Bertz CT molecular complexity index is 1060. The van der Waals surface area contributed by atoms with E-state index in [1.54, 1.807) is 15.9 Å². The molecule has 0 radical (unpaired) electrons. The van der Waals surface area contributed by atoms with Crippen LogP contribution in [-0.4, -0.2) is 60.4 Å². The van der Waals surface area contributed by atoms with Crippen molar-refractivity contribution >= 4 is 17.5 Å². The lowest BCUT2D eigenvalue weighted by atomic mass is 9.76. The highest BCUT2D eigenvalue weighted by atomic mass is 19.1. The molecule has 1 aliphatic carbocycles. The van der Waals surface area contributed by atoms with Crippen LogP contribution in [-0.2, 0) is 4.79 Å². The van der Waals surface area contributed by atoms with Gasteiger partial charge in [0.1, 0.15) is 5.82 Å². The first-order valence-corrected chi connectivity index (χ1v) is 11.5. The van der Waals surface area contributed by atoms with Gasteiger partial charge in [-0.1, -0.05) is 12.1 Å². The topological polar surface area (TPSA) is 105 Å². The zero-order chi connectivity index (χ0) is 23.8. The second-order valence-corrected chi connectivity index (χ2v) is 9.13. The van der Waals surface area contributed by atoms with Gasteiger partial charge in [0, 0.05) is 45.0 Å². The van der Waals surface area contributed by atoms with E-state index in [9.17, 15) is 14.0 Å². The van der Waals surface area contributed by atoms with E-state index in [1.165, 1.54) is 12.1 Å². The largest absolute Gasteiger partial charge is 0.388 e. The number of carbonyl (C=O) groups is 2. The molecule has 176 valence electrons. The number of hydrogen-bond donors (Lipinski definition) is 3. The molecular formula is C25H32FN5O2. The summed E-state index contributed by atoms with van der Waals surface area (Å²) in [5.74, 6) is -0.961. The maximum Gasteiger partial charge on any atom is 0.256 e. The van der Waals surface area contributed by atoms with Crippen molar-refractivity contribution < 1.29 is 14.0 Å². The summed E-state index contributed by atoms with van der Waals surface area (Å²) in [6, 6.07) is 10.3. The van der Waals surface area contributed by atoms with Crippen LogP contribution in [0.25, 0.3) is 11.1 Å². The Morgan fingerprint density at radius 1 is 1.03 bits per heavy atom. The zero-order valence-corrected chi connectivity index (χ0v) is 19.2. The summed E-state index contributed by atoms with van der Waals surface area (Å²) < 4.78 is 15.0. The second kappa shape index (κ2) is 9.11. The lowest BCUT2D eigenvalue weighted by molar-refractivity contribution is -0.141. The molecule has 4 rings (SSSR count). The summed E-state index contributed by atoms with van der Waals surface area (Å²) >= 11 is 0. The van der Waals surface area contributed by atoms with Gasteiger partial charge in [-0.25, -0.2) is 4.39 Å². The molecule has 1 aliphatic heterocycles. The number of piperazine rings is 1. The van der Waals surface area contributed by atoms with Crippen LogP contribution in [0, 0.1) is 5.82 Å². The van der Waals surface area contributed by atoms with Crippen LogP contribution in [0.3, 0.4) is 0 Å². The van der Waals surface area contributed by atoms with Gasteiger partial charge in [0.05, 0.1) is 11.1 Å². The highest BCUT2D eigenvalue weighted by Gasteiger charge is 2.43. The lowest BCUT2D eigenvalue weighted by Crippen LogP contribution is -2.62. The number of rotatable bonds is 5. The molecule has 1 atom stereocenters. The molecule has 2 aliphatic rings. The van der Waals surface area contributed by atoms with Gasteiger partial charge in [-0.05, 0) is 67.1 Å². The quantitative estimate of drug-likeness (QED) is 0.646. The number of benzene rings is 2. The number of nitrogens with one attached hydrogen (secondary N) is 1. The minimum atomic E-state index is -0.735. The van der Waals surface area contributed by atoms with Crippen molar-refractivity contribution in [1.29, 1.82) is 0 Å². The predicted octanol–water partition coefficient (Wildman–Crippen LogP) is 2.72. The van der Waals surface area contributed by atoms with Crippen molar-refractivity contribution in [2.45, 2.75) is 37.8 Å². The number of halogens is 1. The van der Waals surface area contributed by atoms with Crippen molar-refractivity contribution in [1.82, 2.24) is 9.80 Å². The Morgan fingerprint density at radius 3 is 2.18 bits per heavy atom. The predicted molar refractivity (Wildman–Crippen MR) is 127 cm³/mol. The molecule has 2 amide bonds. The van der Waals surface area contributed by atoms with E-state index in [0.29, 0.717) is 44.6 Å². The summed E-state index contributed by atoms with van der Waals surface area (Å²) in [5, 5.41) is 3.12. The Hall–Kier alpha value is -2.97. The SMILES string of the molecule is CNc1ccc(-c2ccc(C(=O)N3CCN(C(=O)C4(N)CCC4)CC3)c(F)c2)cc1C(C)N. The summed E-state index contributed by atoms with van der Waals surface area (Å²) in [5.41, 5.74) is 14.9. The summed E-state index contributed by atoms with van der Waals surface area (Å²) in [7, 11) is 1.83. The Kier molecular flexibility index (Phi) is 6.41. The highest BCUT2D eigenvalue weighted by Crippen LogP contribution is 2.32. The fourth-order valence-electron chi connectivity index (χ4n) is 4.58. The normalized spacial score (nSPS) is 18.5. The standard InChI is InChI=1S/C25H32FN5O2/c1-16(27)20-14-17(5-7-22(20)29-2)18-4-6-19(21(26)15-18)23(32)30-10-12-31(13-11-30)24(33)25(28)8-3-9-25/h4-7,14-16,29H,3,8-13,27-28H2,1-2H3. The van der Waals surface area contributed by atoms with Crippen LogP contribution < -0.4 is 16.8 Å². The van der Waals surface area contributed by atoms with Gasteiger partial charge < -0.3 is 26.6 Å². The molecule has 5 N–H and O–H groups in total. The molecule has 7 nitrogen and oxygen atoms in total. The number of hydrogen-bond acceptors (Lipinski definition) is 5. The molecule has 33 heavy (non-hydrogen) atoms. The van der Waals surface area contributed by atoms with Gasteiger partial charge >= 0.3 is 0 Å². The van der Waals surface area contributed by atoms with Crippen molar-refractivity contribution in [2.24, 2.45) is 11.5 Å². The molecule has 0 spiro atoms. The molecule has 0 bridgehead atoms. The maximum absolute atomic E-state index is 15.0. The second-order valence-electron chi connectivity index (χ2n) is 9.13. The minimum absolute atomic E-state index is 0.0343. The van der Waals surface area contributed by atoms with E-state index in [0.717, 1.165) is 23.2 Å². The fraction of sp³-hybridized carbons (Fsp3) is 0.440. The molecule has 2 aromatic carbocycles. The third-order valence-corrected chi connectivity index (χ3v) is 6.87. The van der Waals surface area contributed by atoms with E-state index in [-0.39, 0.29) is 23.4 Å². The molecule has 1 saturated carbocycles. The first kappa shape index (κ1) is 23.2. The van der Waals surface area contributed by atoms with Crippen LogP contribution in [0.1, 0.15) is 48.1 Å². The van der Waals surface area contributed by atoms with Crippen molar-refractivity contribution in [3.05, 3.63) is 53.3 Å². The van der Waals surface area contributed by atoms with Crippen molar-refractivity contribution in [2.75, 3.05) is 38.5 Å². The van der Waals surface area contributed by atoms with Crippen LogP contribution in [0.15, 0.2) is 36.4 Å². The van der Waals surface area contributed by atoms with Crippen LogP contribution in [0.4, 0.5) is 10.1 Å². The third-order valence-electron chi connectivity index (χ3n) is 6.87. The van der Waals surface area contributed by atoms with Crippen LogP contribution >= 0.6 is 0 Å². The van der Waals surface area contributed by atoms with E-state index >= 15 is 0 Å². The number of nitrogens with two attached hydrogens (primary N) is 2. The lowest BCUT2D eigenvalue weighted by Gasteiger charge is -2.43. The van der Waals surface area contributed by atoms with Gasteiger partial charge in [-0.2, -0.15) is 0 Å². The molecule has 1 unspecified atom stereocenters. The van der Waals surface area contributed by atoms with Gasteiger partial charge in [0.15, 0.2) is 0 Å². The van der Waals surface area contributed by atoms with Gasteiger partial charge in [0.2, 0.25) is 5.91 Å². The van der Waals surface area contributed by atoms with Crippen molar-refractivity contribution in [3.63, 3.8) is 0 Å². The first-order valence-electron chi connectivity index (χ1n) is 11.5. The van der Waals surface area contributed by atoms with Gasteiger partial charge in [-0.3, -0.25) is 9.59 Å². The molecule has 2 aromatic rings. The third kappa shape index (κ3) is 4.45. The van der Waals surface area contributed by atoms with Gasteiger partial charge in [-0.15, -0.1) is 0 Å². The smallest absolute Gasteiger partial charge is 0.256 e. The number of amides is 2. The fourth-order valence-corrected chi connectivity index (χ4v) is 4.58. The summed E-state index contributed by atoms with van der Waals surface area (Å²) in [6.07, 6.45) is 2.40. The zero-order valence-electron chi connectivity index (χ0n) is 19.2. The molecular weight excluding hydrogens is 421 g/mol.